The maximum absolute atomic E-state index is 12.9. The standard InChI is InChI=1S/C19H28N2O3.ClH/c1-15-3-5-16(6-4-15)24-17-7-13-21(14-8-17)18(22)19(23-2)9-11-20-12-10-19;/h3-6,17,20H,7-14H2,1-2H3;1H. The van der Waals surface area contributed by atoms with Crippen LogP contribution < -0.4 is 10.1 Å². The molecule has 1 amide bonds. The molecule has 0 atom stereocenters. The predicted octanol–water partition coefficient (Wildman–Crippen LogP) is 2.56. The molecule has 0 radical (unpaired) electrons. The number of nitrogens with one attached hydrogen (secondary N) is 1. The van der Waals surface area contributed by atoms with Gasteiger partial charge in [-0.05, 0) is 45.0 Å². The van der Waals surface area contributed by atoms with Gasteiger partial charge in [0, 0.05) is 33.0 Å². The maximum Gasteiger partial charge on any atom is 0.254 e. The van der Waals surface area contributed by atoms with Gasteiger partial charge in [-0.3, -0.25) is 4.79 Å². The number of ether oxygens (including phenoxy) is 2. The topological polar surface area (TPSA) is 50.8 Å². The highest BCUT2D eigenvalue weighted by Crippen LogP contribution is 2.27. The van der Waals surface area contributed by atoms with E-state index < -0.39 is 5.60 Å². The van der Waals surface area contributed by atoms with Crippen molar-refractivity contribution in [1.29, 1.82) is 0 Å². The molecule has 1 N–H and O–H groups in total. The predicted molar refractivity (Wildman–Crippen MR) is 101 cm³/mol. The van der Waals surface area contributed by atoms with Crippen molar-refractivity contribution >= 4 is 18.3 Å². The first kappa shape index (κ1) is 20.0. The number of halogens is 1. The highest BCUT2D eigenvalue weighted by Gasteiger charge is 2.43. The fourth-order valence-corrected chi connectivity index (χ4v) is 3.61. The molecule has 2 fully saturated rings. The van der Waals surface area contributed by atoms with E-state index in [9.17, 15) is 4.79 Å². The Kier molecular flexibility index (Phi) is 7.11. The van der Waals surface area contributed by atoms with Crippen molar-refractivity contribution in [3.63, 3.8) is 0 Å². The number of aryl methyl sites for hydroxylation is 1. The second-order valence-electron chi connectivity index (χ2n) is 6.87. The summed E-state index contributed by atoms with van der Waals surface area (Å²) < 4.78 is 11.7. The van der Waals surface area contributed by atoms with E-state index in [1.54, 1.807) is 7.11 Å². The van der Waals surface area contributed by atoms with Crippen molar-refractivity contribution in [3.05, 3.63) is 29.8 Å². The molecular formula is C19H29ClN2O3. The minimum atomic E-state index is -0.629. The van der Waals surface area contributed by atoms with Crippen LogP contribution in [0, 0.1) is 6.92 Å². The Balaban J connectivity index is 0.00000225. The van der Waals surface area contributed by atoms with Crippen molar-refractivity contribution in [2.75, 3.05) is 33.3 Å². The summed E-state index contributed by atoms with van der Waals surface area (Å²) >= 11 is 0. The fourth-order valence-electron chi connectivity index (χ4n) is 3.61. The van der Waals surface area contributed by atoms with Crippen molar-refractivity contribution in [2.45, 2.75) is 44.3 Å². The first-order chi connectivity index (χ1) is 11.6. The molecule has 2 heterocycles. The van der Waals surface area contributed by atoms with Crippen molar-refractivity contribution in [2.24, 2.45) is 0 Å². The Bertz CT molecular complexity index is 550. The molecule has 25 heavy (non-hydrogen) atoms. The van der Waals surface area contributed by atoms with Crippen LogP contribution in [0.3, 0.4) is 0 Å². The number of nitrogens with zero attached hydrogens (tertiary/aromatic N) is 1. The lowest BCUT2D eigenvalue weighted by Gasteiger charge is -2.41. The number of hydrogen-bond donors (Lipinski definition) is 1. The van der Waals surface area contributed by atoms with E-state index in [1.165, 1.54) is 5.56 Å². The van der Waals surface area contributed by atoms with Crippen LogP contribution in [0.5, 0.6) is 5.75 Å². The summed E-state index contributed by atoms with van der Waals surface area (Å²) in [5, 5.41) is 3.30. The number of methoxy groups -OCH3 is 1. The molecule has 2 aliphatic heterocycles. The molecule has 0 aromatic heterocycles. The van der Waals surface area contributed by atoms with Crippen molar-refractivity contribution < 1.29 is 14.3 Å². The van der Waals surface area contributed by atoms with Gasteiger partial charge in [0.1, 0.15) is 17.5 Å². The zero-order valence-corrected chi connectivity index (χ0v) is 15.9. The molecule has 0 spiro atoms. The molecule has 0 unspecified atom stereocenters. The van der Waals surface area contributed by atoms with Gasteiger partial charge in [-0.1, -0.05) is 17.7 Å². The van der Waals surface area contributed by atoms with E-state index in [0.29, 0.717) is 0 Å². The van der Waals surface area contributed by atoms with Crippen LogP contribution in [0.4, 0.5) is 0 Å². The van der Waals surface area contributed by atoms with Crippen LogP contribution in [0.2, 0.25) is 0 Å². The summed E-state index contributed by atoms with van der Waals surface area (Å²) in [5.74, 6) is 1.07. The largest absolute Gasteiger partial charge is 0.490 e. The SMILES string of the molecule is COC1(C(=O)N2CCC(Oc3ccc(C)cc3)CC2)CCNCC1.Cl. The summed E-state index contributed by atoms with van der Waals surface area (Å²) in [5.41, 5.74) is 0.602. The molecule has 1 aromatic carbocycles. The second kappa shape index (κ2) is 8.88. The van der Waals surface area contributed by atoms with Crippen molar-refractivity contribution in [1.82, 2.24) is 10.2 Å². The lowest BCUT2D eigenvalue weighted by molar-refractivity contribution is -0.160. The van der Waals surface area contributed by atoms with Gasteiger partial charge in [-0.15, -0.1) is 12.4 Å². The van der Waals surface area contributed by atoms with Gasteiger partial charge in [0.15, 0.2) is 0 Å². The van der Waals surface area contributed by atoms with Crippen LogP contribution in [0.15, 0.2) is 24.3 Å². The summed E-state index contributed by atoms with van der Waals surface area (Å²) in [7, 11) is 1.66. The molecule has 2 saturated heterocycles. The van der Waals surface area contributed by atoms with Gasteiger partial charge in [0.2, 0.25) is 0 Å². The number of likely N-dealkylation sites (tertiary alicyclic amines) is 1. The molecular weight excluding hydrogens is 340 g/mol. The average Bonchev–Trinajstić information content (AvgIpc) is 2.64. The Morgan fingerprint density at radius 1 is 1.16 bits per heavy atom. The van der Waals surface area contributed by atoms with Gasteiger partial charge >= 0.3 is 0 Å². The number of carbonyl (C=O) groups is 1. The number of rotatable bonds is 4. The molecule has 0 saturated carbocycles. The normalized spacial score (nSPS) is 20.6. The van der Waals surface area contributed by atoms with E-state index in [4.69, 9.17) is 9.47 Å². The molecule has 0 bridgehead atoms. The summed E-state index contributed by atoms with van der Waals surface area (Å²) in [6, 6.07) is 8.16. The first-order valence-corrected chi connectivity index (χ1v) is 8.91. The van der Waals surface area contributed by atoms with Gasteiger partial charge in [-0.25, -0.2) is 0 Å². The van der Waals surface area contributed by atoms with Gasteiger partial charge < -0.3 is 19.7 Å². The van der Waals surface area contributed by atoms with Gasteiger partial charge in [0.25, 0.3) is 5.91 Å². The van der Waals surface area contributed by atoms with Gasteiger partial charge in [0.05, 0.1) is 0 Å². The lowest BCUT2D eigenvalue weighted by atomic mass is 9.89. The van der Waals surface area contributed by atoms with Crippen LogP contribution >= 0.6 is 12.4 Å². The van der Waals surface area contributed by atoms with Crippen molar-refractivity contribution in [3.8, 4) is 5.75 Å². The van der Waals surface area contributed by atoms with Crippen LogP contribution in [0.25, 0.3) is 0 Å². The molecule has 0 aliphatic carbocycles. The molecule has 2 aliphatic rings. The second-order valence-corrected chi connectivity index (χ2v) is 6.87. The fraction of sp³-hybridized carbons (Fsp3) is 0.632. The highest BCUT2D eigenvalue weighted by atomic mass is 35.5. The third-order valence-corrected chi connectivity index (χ3v) is 5.24. The molecule has 6 heteroatoms. The van der Waals surface area contributed by atoms with E-state index in [0.717, 1.165) is 57.6 Å². The smallest absolute Gasteiger partial charge is 0.254 e. The zero-order chi connectivity index (χ0) is 17.0. The highest BCUT2D eigenvalue weighted by molar-refractivity contribution is 5.86. The molecule has 3 rings (SSSR count). The van der Waals surface area contributed by atoms with Crippen LogP contribution in [-0.4, -0.2) is 55.8 Å². The quantitative estimate of drug-likeness (QED) is 0.887. The minimum absolute atomic E-state index is 0. The summed E-state index contributed by atoms with van der Waals surface area (Å²) in [6.07, 6.45) is 3.43. The van der Waals surface area contributed by atoms with E-state index in [-0.39, 0.29) is 24.4 Å². The van der Waals surface area contributed by atoms with E-state index in [1.807, 2.05) is 17.0 Å². The molecule has 140 valence electrons. The number of hydrogen-bond acceptors (Lipinski definition) is 4. The number of piperidine rings is 2. The Hall–Kier alpha value is -1.30. The van der Waals surface area contributed by atoms with E-state index in [2.05, 4.69) is 24.4 Å². The Labute approximate surface area is 156 Å². The Morgan fingerprint density at radius 2 is 1.76 bits per heavy atom. The zero-order valence-electron chi connectivity index (χ0n) is 15.1. The first-order valence-electron chi connectivity index (χ1n) is 8.91. The monoisotopic (exact) mass is 368 g/mol. The summed E-state index contributed by atoms with van der Waals surface area (Å²) in [4.78, 5) is 14.9. The van der Waals surface area contributed by atoms with Crippen LogP contribution in [0.1, 0.15) is 31.2 Å². The summed E-state index contributed by atoms with van der Waals surface area (Å²) in [6.45, 7) is 5.24. The van der Waals surface area contributed by atoms with Gasteiger partial charge in [-0.2, -0.15) is 0 Å². The maximum atomic E-state index is 12.9. The molecule has 5 nitrogen and oxygen atoms in total. The number of carbonyl (C=O) groups excluding carboxylic acids is 1. The number of amides is 1. The third kappa shape index (κ3) is 4.66. The van der Waals surface area contributed by atoms with E-state index >= 15 is 0 Å². The third-order valence-electron chi connectivity index (χ3n) is 5.24. The average molecular weight is 369 g/mol. The Morgan fingerprint density at radius 3 is 2.32 bits per heavy atom. The minimum Gasteiger partial charge on any atom is -0.490 e. The molecule has 1 aromatic rings. The van der Waals surface area contributed by atoms with Crippen LogP contribution in [-0.2, 0) is 9.53 Å². The number of benzene rings is 1. The lowest BCUT2D eigenvalue weighted by Crippen LogP contribution is -2.57.